The van der Waals surface area contributed by atoms with Crippen molar-refractivity contribution in [3.8, 4) is 11.8 Å². The van der Waals surface area contributed by atoms with Gasteiger partial charge in [0.1, 0.15) is 5.75 Å². The van der Waals surface area contributed by atoms with Crippen molar-refractivity contribution in [2.24, 2.45) is 5.41 Å². The highest BCUT2D eigenvalue weighted by Crippen LogP contribution is 2.40. The number of nitrogens with zero attached hydrogens (tertiary/aromatic N) is 1. The summed E-state index contributed by atoms with van der Waals surface area (Å²) in [5, 5.41) is 9.79. The number of methoxy groups -OCH3 is 1. The van der Waals surface area contributed by atoms with Crippen LogP contribution in [0.25, 0.3) is 0 Å². The number of aryl methyl sites for hydroxylation is 1. The molecule has 0 unspecified atom stereocenters. The molecule has 2 nitrogen and oxygen atoms in total. The van der Waals surface area contributed by atoms with E-state index >= 15 is 0 Å². The Morgan fingerprint density at radius 2 is 1.81 bits per heavy atom. The molecule has 0 heterocycles. The van der Waals surface area contributed by atoms with E-state index in [1.807, 2.05) is 12.1 Å². The van der Waals surface area contributed by atoms with E-state index in [-0.39, 0.29) is 5.41 Å². The third kappa shape index (κ3) is 2.52. The first-order valence-corrected chi connectivity index (χ1v) is 7.27. The maximum absolute atomic E-state index is 9.79. The molecule has 0 saturated heterocycles. The third-order valence-corrected chi connectivity index (χ3v) is 4.38. The fourth-order valence-corrected chi connectivity index (χ4v) is 3.35. The second-order valence-corrected chi connectivity index (χ2v) is 6.01. The molecule has 2 aromatic carbocycles. The molecule has 0 fully saturated rings. The second-order valence-electron chi connectivity index (χ2n) is 6.01. The number of nitriles is 1. The van der Waals surface area contributed by atoms with Gasteiger partial charge in [-0.05, 0) is 48.9 Å². The minimum Gasteiger partial charge on any atom is -0.496 e. The van der Waals surface area contributed by atoms with Crippen molar-refractivity contribution in [1.29, 1.82) is 5.26 Å². The van der Waals surface area contributed by atoms with Gasteiger partial charge in [-0.1, -0.05) is 42.0 Å². The van der Waals surface area contributed by atoms with E-state index in [0.717, 1.165) is 30.6 Å². The van der Waals surface area contributed by atoms with Crippen LogP contribution in [0.5, 0.6) is 5.75 Å². The lowest BCUT2D eigenvalue weighted by atomic mass is 9.80. The maximum Gasteiger partial charge on any atom is 0.122 e. The number of ether oxygens (including phenoxy) is 1. The van der Waals surface area contributed by atoms with Gasteiger partial charge in [0.05, 0.1) is 18.6 Å². The van der Waals surface area contributed by atoms with E-state index in [2.05, 4.69) is 43.3 Å². The Labute approximate surface area is 126 Å². The maximum atomic E-state index is 9.79. The standard InChI is InChI=1S/C19H19NO/c1-14-7-8-18(21-2)17(9-14)12-19(13-20)10-15-5-3-4-6-16(15)11-19/h3-9H,10-12H2,1-2H3. The van der Waals surface area contributed by atoms with Crippen LogP contribution >= 0.6 is 0 Å². The first-order chi connectivity index (χ1) is 10.2. The smallest absolute Gasteiger partial charge is 0.122 e. The zero-order chi connectivity index (χ0) is 14.9. The Kier molecular flexibility index (Phi) is 3.43. The SMILES string of the molecule is COc1ccc(C)cc1CC1(C#N)Cc2ccccc2C1. The van der Waals surface area contributed by atoms with Gasteiger partial charge in [-0.3, -0.25) is 0 Å². The number of hydrogen-bond donors (Lipinski definition) is 0. The molecule has 0 saturated carbocycles. The summed E-state index contributed by atoms with van der Waals surface area (Å²) in [6.45, 7) is 2.07. The Morgan fingerprint density at radius 1 is 1.14 bits per heavy atom. The van der Waals surface area contributed by atoms with Crippen molar-refractivity contribution >= 4 is 0 Å². The molecule has 0 bridgehead atoms. The van der Waals surface area contributed by atoms with Crippen LogP contribution in [0.3, 0.4) is 0 Å². The molecule has 0 amide bonds. The van der Waals surface area contributed by atoms with Crippen molar-refractivity contribution < 1.29 is 4.74 Å². The largest absolute Gasteiger partial charge is 0.496 e. The van der Waals surface area contributed by atoms with E-state index in [1.54, 1.807) is 7.11 Å². The molecular weight excluding hydrogens is 258 g/mol. The molecule has 21 heavy (non-hydrogen) atoms. The molecule has 0 aromatic heterocycles. The van der Waals surface area contributed by atoms with Gasteiger partial charge in [0.15, 0.2) is 0 Å². The average Bonchev–Trinajstić information content (AvgIpc) is 2.86. The highest BCUT2D eigenvalue weighted by molar-refractivity contribution is 5.42. The van der Waals surface area contributed by atoms with E-state index in [0.29, 0.717) is 0 Å². The summed E-state index contributed by atoms with van der Waals surface area (Å²) in [5.74, 6) is 0.881. The van der Waals surface area contributed by atoms with Crippen molar-refractivity contribution in [2.75, 3.05) is 7.11 Å². The van der Waals surface area contributed by atoms with Crippen molar-refractivity contribution in [3.05, 3.63) is 64.7 Å². The van der Waals surface area contributed by atoms with Gasteiger partial charge in [-0.25, -0.2) is 0 Å². The van der Waals surface area contributed by atoms with Crippen molar-refractivity contribution in [2.45, 2.75) is 26.2 Å². The molecule has 3 rings (SSSR count). The average molecular weight is 277 g/mol. The van der Waals surface area contributed by atoms with Crippen LogP contribution in [0, 0.1) is 23.7 Å². The molecule has 0 N–H and O–H groups in total. The lowest BCUT2D eigenvalue weighted by Crippen LogP contribution is -2.22. The summed E-state index contributed by atoms with van der Waals surface area (Å²) in [6, 6.07) is 17.2. The normalized spacial score (nSPS) is 15.3. The summed E-state index contributed by atoms with van der Waals surface area (Å²) in [6.07, 6.45) is 2.40. The lowest BCUT2D eigenvalue weighted by Gasteiger charge is -2.22. The van der Waals surface area contributed by atoms with Gasteiger partial charge >= 0.3 is 0 Å². The highest BCUT2D eigenvalue weighted by atomic mass is 16.5. The molecule has 1 aliphatic rings. The monoisotopic (exact) mass is 277 g/mol. The van der Waals surface area contributed by atoms with E-state index in [9.17, 15) is 5.26 Å². The minimum atomic E-state index is -0.342. The van der Waals surface area contributed by atoms with Crippen molar-refractivity contribution in [1.82, 2.24) is 0 Å². The molecule has 2 aromatic rings. The van der Waals surface area contributed by atoms with Gasteiger partial charge in [-0.15, -0.1) is 0 Å². The molecule has 106 valence electrons. The van der Waals surface area contributed by atoms with E-state index < -0.39 is 0 Å². The van der Waals surface area contributed by atoms with Crippen LogP contribution in [0.4, 0.5) is 0 Å². The zero-order valence-electron chi connectivity index (χ0n) is 12.5. The van der Waals surface area contributed by atoms with Crippen LogP contribution in [0.15, 0.2) is 42.5 Å². The Balaban J connectivity index is 1.94. The summed E-state index contributed by atoms with van der Waals surface area (Å²) in [7, 11) is 1.69. The molecule has 0 atom stereocenters. The summed E-state index contributed by atoms with van der Waals surface area (Å²) in [5.41, 5.74) is 4.61. The van der Waals surface area contributed by atoms with E-state index in [1.165, 1.54) is 16.7 Å². The predicted molar refractivity (Wildman–Crippen MR) is 83.3 cm³/mol. The first-order valence-electron chi connectivity index (χ1n) is 7.27. The van der Waals surface area contributed by atoms with Crippen molar-refractivity contribution in [3.63, 3.8) is 0 Å². The second kappa shape index (κ2) is 5.26. The highest BCUT2D eigenvalue weighted by Gasteiger charge is 2.38. The zero-order valence-corrected chi connectivity index (χ0v) is 12.5. The van der Waals surface area contributed by atoms with Gasteiger partial charge in [0.25, 0.3) is 0 Å². The summed E-state index contributed by atoms with van der Waals surface area (Å²) >= 11 is 0. The first kappa shape index (κ1) is 13.7. The minimum absolute atomic E-state index is 0.342. The van der Waals surface area contributed by atoms with Crippen LogP contribution in [-0.4, -0.2) is 7.11 Å². The Hall–Kier alpha value is -2.27. The molecule has 1 aliphatic carbocycles. The van der Waals surface area contributed by atoms with Gasteiger partial charge < -0.3 is 4.74 Å². The lowest BCUT2D eigenvalue weighted by molar-refractivity contribution is 0.382. The molecular formula is C19H19NO. The summed E-state index contributed by atoms with van der Waals surface area (Å²) in [4.78, 5) is 0. The number of hydrogen-bond acceptors (Lipinski definition) is 2. The van der Waals surface area contributed by atoms with Gasteiger partial charge in [-0.2, -0.15) is 5.26 Å². The summed E-state index contributed by atoms with van der Waals surface area (Å²) < 4.78 is 5.47. The molecule has 0 spiro atoms. The fraction of sp³-hybridized carbons (Fsp3) is 0.316. The molecule has 2 heteroatoms. The third-order valence-electron chi connectivity index (χ3n) is 4.38. The number of rotatable bonds is 3. The van der Waals surface area contributed by atoms with Crippen LogP contribution in [-0.2, 0) is 19.3 Å². The predicted octanol–water partition coefficient (Wildman–Crippen LogP) is 3.85. The van der Waals surface area contributed by atoms with E-state index in [4.69, 9.17) is 4.74 Å². The topological polar surface area (TPSA) is 33.0 Å². The Bertz CT molecular complexity index is 687. The van der Waals surface area contributed by atoms with Crippen LogP contribution in [0.1, 0.15) is 22.3 Å². The Morgan fingerprint density at radius 3 is 2.38 bits per heavy atom. The number of fused-ring (bicyclic) bond motifs is 1. The number of benzene rings is 2. The van der Waals surface area contributed by atoms with Gasteiger partial charge in [0.2, 0.25) is 0 Å². The quantitative estimate of drug-likeness (QED) is 0.853. The van der Waals surface area contributed by atoms with Gasteiger partial charge in [0, 0.05) is 0 Å². The van der Waals surface area contributed by atoms with Crippen LogP contribution in [0.2, 0.25) is 0 Å². The molecule has 0 aliphatic heterocycles. The fourth-order valence-electron chi connectivity index (χ4n) is 3.35. The van der Waals surface area contributed by atoms with Crippen LogP contribution < -0.4 is 4.74 Å². The molecule has 0 radical (unpaired) electrons.